The number of amides is 4. The molecule has 0 spiro atoms. The van der Waals surface area contributed by atoms with Crippen LogP contribution in [0.5, 0.6) is 0 Å². The molecule has 0 aliphatic heterocycles. The zero-order chi connectivity index (χ0) is 22.5. The number of thiophene rings is 2. The first-order valence-electron chi connectivity index (χ1n) is 10.0. The Hall–Kier alpha value is -2.84. The molecule has 31 heavy (non-hydrogen) atoms. The van der Waals surface area contributed by atoms with Crippen LogP contribution in [0.15, 0.2) is 53.2 Å². The van der Waals surface area contributed by atoms with Gasteiger partial charge in [0.1, 0.15) is 0 Å². The second kappa shape index (κ2) is 9.98. The molecule has 3 rings (SSSR count). The minimum Gasteiger partial charge on any atom is -0.320 e. The number of anilines is 2. The van der Waals surface area contributed by atoms with Crippen LogP contribution in [0.2, 0.25) is 0 Å². The van der Waals surface area contributed by atoms with Crippen LogP contribution in [-0.4, -0.2) is 36.0 Å². The van der Waals surface area contributed by atoms with Crippen LogP contribution in [0.4, 0.5) is 21.0 Å². The molecule has 0 bridgehead atoms. The maximum atomic E-state index is 12.8. The van der Waals surface area contributed by atoms with Crippen molar-refractivity contribution in [2.45, 2.75) is 32.9 Å². The lowest BCUT2D eigenvalue weighted by atomic mass is 10.1. The van der Waals surface area contributed by atoms with Gasteiger partial charge in [0.05, 0.1) is 12.1 Å². The summed E-state index contributed by atoms with van der Waals surface area (Å²) in [4.78, 5) is 31.1. The number of hydrogen-bond acceptors (Lipinski definition) is 4. The zero-order valence-corrected chi connectivity index (χ0v) is 20.0. The Morgan fingerprint density at radius 1 is 0.839 bits per heavy atom. The third kappa shape index (κ3) is 5.45. The van der Waals surface area contributed by atoms with E-state index in [9.17, 15) is 9.59 Å². The van der Waals surface area contributed by atoms with Gasteiger partial charge in [0, 0.05) is 35.2 Å². The largest absolute Gasteiger partial charge is 0.322 e. The van der Waals surface area contributed by atoms with Gasteiger partial charge in [-0.2, -0.15) is 0 Å². The molecule has 0 saturated carbocycles. The summed E-state index contributed by atoms with van der Waals surface area (Å²) in [5.74, 6) is 0. The highest BCUT2D eigenvalue weighted by atomic mass is 32.1. The molecule has 0 aliphatic carbocycles. The average molecular weight is 457 g/mol. The smallest absolute Gasteiger partial charge is 0.320 e. The van der Waals surface area contributed by atoms with Crippen molar-refractivity contribution < 1.29 is 9.59 Å². The van der Waals surface area contributed by atoms with Crippen molar-refractivity contribution >= 4 is 46.1 Å². The van der Waals surface area contributed by atoms with Crippen LogP contribution in [-0.2, 0) is 0 Å². The number of rotatable bonds is 6. The van der Waals surface area contributed by atoms with Gasteiger partial charge in [-0.3, -0.25) is 0 Å². The second-order valence-electron chi connectivity index (χ2n) is 7.49. The third-order valence-corrected chi connectivity index (χ3v) is 7.53. The third-order valence-electron chi connectivity index (χ3n) is 5.44. The Morgan fingerprint density at radius 3 is 1.84 bits per heavy atom. The fourth-order valence-corrected chi connectivity index (χ4v) is 4.69. The standard InChI is InChI=1S/C23H28N4O2S2/c1-15-10-11-18(24-22(28)26(4)16(2)20-8-6-12-30-20)14-19(15)25-23(29)27(5)17(3)21-9-7-13-31-21/h6-14,16-17H,1-5H3,(H,24,28)(H,25,29). The van der Waals surface area contributed by atoms with E-state index in [0.717, 1.165) is 15.3 Å². The van der Waals surface area contributed by atoms with E-state index < -0.39 is 0 Å². The van der Waals surface area contributed by atoms with Crippen LogP contribution in [0.3, 0.4) is 0 Å². The van der Waals surface area contributed by atoms with Crippen molar-refractivity contribution in [2.24, 2.45) is 0 Å². The lowest BCUT2D eigenvalue weighted by molar-refractivity contribution is 0.208. The summed E-state index contributed by atoms with van der Waals surface area (Å²) in [6, 6.07) is 13.1. The van der Waals surface area contributed by atoms with Gasteiger partial charge in [0.2, 0.25) is 0 Å². The maximum absolute atomic E-state index is 12.8. The van der Waals surface area contributed by atoms with Crippen LogP contribution in [0, 0.1) is 6.92 Å². The Balaban J connectivity index is 1.67. The quantitative estimate of drug-likeness (QED) is 0.441. The molecular weight excluding hydrogens is 428 g/mol. The van der Waals surface area contributed by atoms with Crippen molar-refractivity contribution in [1.29, 1.82) is 0 Å². The van der Waals surface area contributed by atoms with Gasteiger partial charge in [0.15, 0.2) is 0 Å². The van der Waals surface area contributed by atoms with Crippen molar-refractivity contribution in [3.8, 4) is 0 Å². The average Bonchev–Trinajstić information content (AvgIpc) is 3.48. The lowest BCUT2D eigenvalue weighted by Crippen LogP contribution is -2.34. The first kappa shape index (κ1) is 22.8. The predicted molar refractivity (Wildman–Crippen MR) is 130 cm³/mol. The molecule has 164 valence electrons. The molecule has 2 atom stereocenters. The van der Waals surface area contributed by atoms with E-state index in [2.05, 4.69) is 10.6 Å². The zero-order valence-electron chi connectivity index (χ0n) is 18.4. The Labute approximate surface area is 191 Å². The minimum absolute atomic E-state index is 0.0305. The van der Waals surface area contributed by atoms with Crippen molar-refractivity contribution in [3.05, 3.63) is 68.5 Å². The number of benzene rings is 1. The second-order valence-corrected chi connectivity index (χ2v) is 9.45. The van der Waals surface area contributed by atoms with Gasteiger partial charge in [-0.15, -0.1) is 22.7 Å². The lowest BCUT2D eigenvalue weighted by Gasteiger charge is -2.26. The van der Waals surface area contributed by atoms with Gasteiger partial charge < -0.3 is 20.4 Å². The van der Waals surface area contributed by atoms with Gasteiger partial charge >= 0.3 is 12.1 Å². The van der Waals surface area contributed by atoms with Gasteiger partial charge in [0.25, 0.3) is 0 Å². The number of hydrogen-bond donors (Lipinski definition) is 2. The molecule has 2 aromatic heterocycles. The number of carbonyl (C=O) groups excluding carboxylic acids is 2. The van der Waals surface area contributed by atoms with Crippen molar-refractivity contribution in [2.75, 3.05) is 24.7 Å². The monoisotopic (exact) mass is 456 g/mol. The number of aryl methyl sites for hydroxylation is 1. The summed E-state index contributed by atoms with van der Waals surface area (Å²) in [5, 5.41) is 9.90. The highest BCUT2D eigenvalue weighted by Crippen LogP contribution is 2.27. The molecule has 0 radical (unpaired) electrons. The summed E-state index contributed by atoms with van der Waals surface area (Å²) < 4.78 is 0. The molecule has 0 fully saturated rings. The maximum Gasteiger partial charge on any atom is 0.322 e. The number of carbonyl (C=O) groups is 2. The van der Waals surface area contributed by atoms with Crippen LogP contribution < -0.4 is 10.6 Å². The molecule has 0 aliphatic rings. The van der Waals surface area contributed by atoms with E-state index in [1.165, 1.54) is 0 Å². The summed E-state index contributed by atoms with van der Waals surface area (Å²) in [6.07, 6.45) is 0. The fourth-order valence-electron chi connectivity index (χ4n) is 3.04. The van der Waals surface area contributed by atoms with E-state index in [0.29, 0.717) is 11.4 Å². The van der Waals surface area contributed by atoms with Crippen molar-refractivity contribution in [3.63, 3.8) is 0 Å². The van der Waals surface area contributed by atoms with Crippen molar-refractivity contribution in [1.82, 2.24) is 9.80 Å². The normalized spacial score (nSPS) is 12.7. The molecule has 2 N–H and O–H groups in total. The van der Waals surface area contributed by atoms with Crippen LogP contribution >= 0.6 is 22.7 Å². The molecule has 2 unspecified atom stereocenters. The van der Waals surface area contributed by atoms with Crippen LogP contribution in [0.1, 0.15) is 41.2 Å². The Kier molecular flexibility index (Phi) is 7.35. The van der Waals surface area contributed by atoms with E-state index >= 15 is 0 Å². The molecule has 6 nitrogen and oxygen atoms in total. The summed E-state index contributed by atoms with van der Waals surface area (Å²) in [7, 11) is 3.55. The van der Waals surface area contributed by atoms with Crippen LogP contribution in [0.25, 0.3) is 0 Å². The molecule has 0 saturated heterocycles. The van der Waals surface area contributed by atoms with E-state index in [-0.39, 0.29) is 24.1 Å². The Morgan fingerprint density at radius 2 is 1.35 bits per heavy atom. The topological polar surface area (TPSA) is 64.7 Å². The van der Waals surface area contributed by atoms with Gasteiger partial charge in [-0.1, -0.05) is 18.2 Å². The van der Waals surface area contributed by atoms with E-state index in [4.69, 9.17) is 0 Å². The van der Waals surface area contributed by atoms with E-state index in [1.807, 2.05) is 67.9 Å². The van der Waals surface area contributed by atoms with Gasteiger partial charge in [-0.25, -0.2) is 9.59 Å². The summed E-state index contributed by atoms with van der Waals surface area (Å²) in [5.41, 5.74) is 2.22. The summed E-state index contributed by atoms with van der Waals surface area (Å²) >= 11 is 3.25. The minimum atomic E-state index is -0.203. The molecule has 3 aromatic rings. The number of nitrogens with zero attached hydrogens (tertiary/aromatic N) is 2. The summed E-state index contributed by atoms with van der Waals surface area (Å²) in [6.45, 7) is 5.92. The molecular formula is C23H28N4O2S2. The number of nitrogens with one attached hydrogen (secondary N) is 2. The molecule has 8 heteroatoms. The SMILES string of the molecule is Cc1ccc(NC(=O)N(C)C(C)c2cccs2)cc1NC(=O)N(C)C(C)c1cccs1. The highest BCUT2D eigenvalue weighted by Gasteiger charge is 2.20. The molecule has 1 aromatic carbocycles. The number of urea groups is 2. The predicted octanol–water partition coefficient (Wildman–Crippen LogP) is 6.57. The first-order chi connectivity index (χ1) is 14.8. The highest BCUT2D eigenvalue weighted by molar-refractivity contribution is 7.10. The van der Waals surface area contributed by atoms with Gasteiger partial charge in [-0.05, 0) is 61.4 Å². The Bertz CT molecular complexity index is 1020. The molecule has 4 amide bonds. The fraction of sp³-hybridized carbons (Fsp3) is 0.304. The first-order valence-corrected chi connectivity index (χ1v) is 11.8. The van der Waals surface area contributed by atoms with E-state index in [1.54, 1.807) is 52.6 Å². The molecule has 2 heterocycles.